The molecule has 0 aromatic carbocycles. The molecule has 0 saturated carbocycles. The van der Waals surface area contributed by atoms with Crippen molar-refractivity contribution < 1.29 is 25.2 Å². The van der Waals surface area contributed by atoms with Gasteiger partial charge in [-0.1, -0.05) is 0 Å². The highest BCUT2D eigenvalue weighted by atomic mass is 16.4. The molecular formula is C9H22N2O5. The normalized spacial score (nSPS) is 18.1. The van der Waals surface area contributed by atoms with Gasteiger partial charge in [-0.2, -0.15) is 0 Å². The second-order valence-corrected chi connectivity index (χ2v) is 3.47. The summed E-state index contributed by atoms with van der Waals surface area (Å²) in [6.07, 6.45) is -2.50. The largest absolute Gasteiger partial charge is 0.480 e. The molecule has 98 valence electrons. The Labute approximate surface area is 95.1 Å². The van der Waals surface area contributed by atoms with Crippen molar-refractivity contribution in [2.45, 2.75) is 52.4 Å². The van der Waals surface area contributed by atoms with Gasteiger partial charge in [0.2, 0.25) is 0 Å². The molecule has 0 aliphatic carbocycles. The van der Waals surface area contributed by atoms with Crippen molar-refractivity contribution in [3.63, 3.8) is 0 Å². The molecule has 7 heteroatoms. The van der Waals surface area contributed by atoms with Gasteiger partial charge in [0.1, 0.15) is 24.7 Å². The summed E-state index contributed by atoms with van der Waals surface area (Å²) in [6.45, 7) is 5.88. The fraction of sp³-hybridized carbons (Fsp3) is 0.889. The lowest BCUT2D eigenvalue weighted by atomic mass is 10.4. The first-order valence-electron chi connectivity index (χ1n) is 4.91. The van der Waals surface area contributed by atoms with Crippen LogP contribution in [0.4, 0.5) is 0 Å². The van der Waals surface area contributed by atoms with E-state index in [1.165, 1.54) is 32.6 Å². The van der Waals surface area contributed by atoms with Crippen LogP contribution in [-0.4, -0.2) is 56.0 Å². The van der Waals surface area contributed by atoms with Gasteiger partial charge in [-0.15, -0.1) is 0 Å². The van der Waals surface area contributed by atoms with Crippen molar-refractivity contribution in [3.05, 3.63) is 0 Å². The van der Waals surface area contributed by atoms with Crippen LogP contribution in [-0.2, 0) is 4.79 Å². The Bertz CT molecular complexity index is 175. The Morgan fingerprint density at radius 3 is 1.19 bits per heavy atom. The average Bonchev–Trinajstić information content (AvgIpc) is 2.01. The second-order valence-electron chi connectivity index (χ2n) is 3.47. The zero-order valence-corrected chi connectivity index (χ0v) is 10.0. The maximum absolute atomic E-state index is 9.57. The van der Waals surface area contributed by atoms with Crippen LogP contribution in [0.3, 0.4) is 0 Å². The van der Waals surface area contributed by atoms with Crippen LogP contribution in [0.2, 0.25) is 0 Å². The molecule has 0 aromatic rings. The standard InChI is InChI=1S/C6H15NO3.C3H7NO2/c1-4(8)7(5(2)9)6(3)10;1-2(4)3(5)6/h4-6,8-10H,1-3H3;2H,4H2,1H3,(H,5,6)/t;2-/m.0/s1. The first-order valence-corrected chi connectivity index (χ1v) is 4.91. The third-order valence-corrected chi connectivity index (χ3v) is 1.68. The van der Waals surface area contributed by atoms with Gasteiger partial charge in [0.25, 0.3) is 0 Å². The monoisotopic (exact) mass is 238 g/mol. The number of nitrogens with two attached hydrogens (primary N) is 1. The minimum atomic E-state index is -0.963. The van der Waals surface area contributed by atoms with Crippen LogP contribution in [0.1, 0.15) is 27.7 Å². The highest BCUT2D eigenvalue weighted by Crippen LogP contribution is 2.04. The van der Waals surface area contributed by atoms with E-state index in [1.807, 2.05) is 0 Å². The first kappa shape index (κ1) is 17.7. The number of carboxylic acids is 1. The van der Waals surface area contributed by atoms with E-state index in [0.29, 0.717) is 0 Å². The molecule has 7 nitrogen and oxygen atoms in total. The van der Waals surface area contributed by atoms with Crippen LogP contribution in [0, 0.1) is 0 Å². The van der Waals surface area contributed by atoms with E-state index in [4.69, 9.17) is 26.2 Å². The number of carbonyl (C=O) groups is 1. The summed E-state index contributed by atoms with van der Waals surface area (Å²) in [4.78, 5) is 10.7. The summed E-state index contributed by atoms with van der Waals surface area (Å²) in [5.74, 6) is -0.963. The fourth-order valence-electron chi connectivity index (χ4n) is 0.937. The lowest BCUT2D eigenvalue weighted by molar-refractivity contribution is -0.159. The Balaban J connectivity index is 0. The van der Waals surface area contributed by atoms with Crippen molar-refractivity contribution in [2.24, 2.45) is 5.73 Å². The van der Waals surface area contributed by atoms with Crippen molar-refractivity contribution in [3.8, 4) is 0 Å². The Hall–Kier alpha value is -0.730. The third kappa shape index (κ3) is 8.57. The number of aliphatic hydroxyl groups is 3. The molecule has 0 aliphatic heterocycles. The number of hydrogen-bond acceptors (Lipinski definition) is 6. The number of carboxylic acid groups (broad SMARTS) is 1. The highest BCUT2D eigenvalue weighted by molar-refractivity contribution is 5.72. The Kier molecular flexibility index (Phi) is 9.30. The van der Waals surface area contributed by atoms with Crippen molar-refractivity contribution in [1.29, 1.82) is 0 Å². The molecule has 16 heavy (non-hydrogen) atoms. The highest BCUT2D eigenvalue weighted by Gasteiger charge is 2.20. The van der Waals surface area contributed by atoms with Crippen LogP contribution in [0.15, 0.2) is 0 Å². The maximum Gasteiger partial charge on any atom is 0.320 e. The molecule has 0 spiro atoms. The molecule has 3 unspecified atom stereocenters. The van der Waals surface area contributed by atoms with E-state index < -0.39 is 30.7 Å². The summed E-state index contributed by atoms with van der Waals surface area (Å²) in [6, 6.07) is -0.731. The number of rotatable bonds is 4. The van der Waals surface area contributed by atoms with Crippen LogP contribution < -0.4 is 5.73 Å². The Morgan fingerprint density at radius 2 is 1.19 bits per heavy atom. The molecular weight excluding hydrogens is 216 g/mol. The zero-order valence-electron chi connectivity index (χ0n) is 10.0. The van der Waals surface area contributed by atoms with Crippen molar-refractivity contribution in [1.82, 2.24) is 4.90 Å². The summed E-state index contributed by atoms with van der Waals surface area (Å²) in [5, 5.41) is 34.7. The van der Waals surface area contributed by atoms with Gasteiger partial charge in [-0.25, -0.2) is 4.90 Å². The second kappa shape index (κ2) is 8.43. The predicted molar refractivity (Wildman–Crippen MR) is 58.2 cm³/mol. The smallest absolute Gasteiger partial charge is 0.320 e. The van der Waals surface area contributed by atoms with E-state index in [1.54, 1.807) is 0 Å². The fourth-order valence-corrected chi connectivity index (χ4v) is 0.937. The SMILES string of the molecule is CC(O)N(C(C)O)C(C)O.C[C@H](N)C(=O)O. The molecule has 0 bridgehead atoms. The van der Waals surface area contributed by atoms with Crippen LogP contribution in [0.25, 0.3) is 0 Å². The van der Waals surface area contributed by atoms with Crippen molar-refractivity contribution >= 4 is 5.97 Å². The van der Waals surface area contributed by atoms with Gasteiger partial charge < -0.3 is 26.2 Å². The molecule has 4 atom stereocenters. The lowest BCUT2D eigenvalue weighted by Crippen LogP contribution is -2.45. The number of hydrogen-bond donors (Lipinski definition) is 5. The van der Waals surface area contributed by atoms with Gasteiger partial charge in [0.05, 0.1) is 0 Å². The minimum Gasteiger partial charge on any atom is -0.480 e. The van der Waals surface area contributed by atoms with Gasteiger partial charge in [-0.3, -0.25) is 4.79 Å². The molecule has 0 fully saturated rings. The predicted octanol–water partition coefficient (Wildman–Crippen LogP) is -1.28. The van der Waals surface area contributed by atoms with E-state index in [0.717, 1.165) is 0 Å². The Morgan fingerprint density at radius 1 is 1.00 bits per heavy atom. The van der Waals surface area contributed by atoms with E-state index in [-0.39, 0.29) is 0 Å². The van der Waals surface area contributed by atoms with Gasteiger partial charge in [0, 0.05) is 0 Å². The van der Waals surface area contributed by atoms with Gasteiger partial charge in [-0.05, 0) is 27.7 Å². The summed E-state index contributed by atoms with van der Waals surface area (Å²) >= 11 is 0. The van der Waals surface area contributed by atoms with E-state index in [9.17, 15) is 4.79 Å². The molecule has 0 rings (SSSR count). The number of nitrogens with zero attached hydrogens (tertiary/aromatic N) is 1. The summed E-state index contributed by atoms with van der Waals surface area (Å²) < 4.78 is 0. The topological polar surface area (TPSA) is 127 Å². The van der Waals surface area contributed by atoms with E-state index in [2.05, 4.69) is 0 Å². The number of aliphatic hydroxyl groups excluding tert-OH is 3. The third-order valence-electron chi connectivity index (χ3n) is 1.68. The molecule has 0 radical (unpaired) electrons. The molecule has 0 heterocycles. The van der Waals surface area contributed by atoms with Crippen molar-refractivity contribution in [2.75, 3.05) is 0 Å². The molecule has 0 aromatic heterocycles. The lowest BCUT2D eigenvalue weighted by Gasteiger charge is -2.30. The average molecular weight is 238 g/mol. The minimum absolute atomic E-state index is 0.731. The first-order chi connectivity index (χ1) is 7.11. The molecule has 6 N–H and O–H groups in total. The van der Waals surface area contributed by atoms with E-state index >= 15 is 0 Å². The van der Waals surface area contributed by atoms with Crippen LogP contribution in [0.5, 0.6) is 0 Å². The molecule has 0 saturated heterocycles. The summed E-state index contributed by atoms with van der Waals surface area (Å²) in [7, 11) is 0. The van der Waals surface area contributed by atoms with Gasteiger partial charge in [0.15, 0.2) is 0 Å². The number of aliphatic carboxylic acids is 1. The molecule has 0 aliphatic rings. The molecule has 0 amide bonds. The van der Waals surface area contributed by atoms with Gasteiger partial charge >= 0.3 is 5.97 Å². The summed E-state index contributed by atoms with van der Waals surface area (Å²) in [5.41, 5.74) is 4.84. The van der Waals surface area contributed by atoms with Crippen LogP contribution >= 0.6 is 0 Å². The zero-order chi connectivity index (χ0) is 13.5. The maximum atomic E-state index is 9.57. The quantitative estimate of drug-likeness (QED) is 0.386.